The van der Waals surface area contributed by atoms with E-state index in [2.05, 4.69) is 20.4 Å². The molecule has 1 aliphatic rings. The minimum atomic E-state index is -0.287. The molecule has 1 aliphatic carbocycles. The van der Waals surface area contributed by atoms with Crippen LogP contribution in [-0.4, -0.2) is 32.3 Å². The number of fused-ring (bicyclic) bond motifs is 3. The van der Waals surface area contributed by atoms with E-state index in [0.29, 0.717) is 17.5 Å². The molecule has 3 aromatic heterocycles. The second-order valence-electron chi connectivity index (χ2n) is 8.24. The van der Waals surface area contributed by atoms with Crippen molar-refractivity contribution in [3.63, 3.8) is 0 Å². The number of furan rings is 1. The van der Waals surface area contributed by atoms with Gasteiger partial charge in [-0.05, 0) is 64.3 Å². The fourth-order valence-electron chi connectivity index (χ4n) is 4.20. The summed E-state index contributed by atoms with van der Waals surface area (Å²) in [5.41, 5.74) is 4.56. The van der Waals surface area contributed by atoms with Gasteiger partial charge in [-0.2, -0.15) is 9.78 Å². The number of aromatic nitrogens is 4. The topological polar surface area (TPSA) is 95.1 Å². The molecule has 164 valence electrons. The number of ether oxygens (including phenoxy) is 1. The zero-order valence-corrected chi connectivity index (χ0v) is 18.4. The number of amides is 1. The lowest BCUT2D eigenvalue weighted by molar-refractivity contribution is -0.118. The van der Waals surface area contributed by atoms with Crippen LogP contribution in [-0.2, 0) is 17.6 Å². The zero-order chi connectivity index (χ0) is 22.2. The van der Waals surface area contributed by atoms with Crippen LogP contribution in [0.5, 0.6) is 5.75 Å². The predicted molar refractivity (Wildman–Crippen MR) is 120 cm³/mol. The molecule has 8 nitrogen and oxygen atoms in total. The number of hydrogen-bond acceptors (Lipinski definition) is 6. The fourth-order valence-corrected chi connectivity index (χ4v) is 4.20. The van der Waals surface area contributed by atoms with Gasteiger partial charge >= 0.3 is 0 Å². The van der Waals surface area contributed by atoms with Crippen LogP contribution in [0.3, 0.4) is 0 Å². The van der Waals surface area contributed by atoms with E-state index in [0.717, 1.165) is 46.7 Å². The standard InChI is InChI=1S/C24H25N5O3/c1-14-10-15(2)26-24(25-14)29-22(11-16(3)28-29)27-23(30)13-31-17-8-9-21-19(12-17)18-6-4-5-7-20(18)32-21/h8-12H,4-7,13H2,1-3H3,(H,27,30). The zero-order valence-electron chi connectivity index (χ0n) is 18.4. The van der Waals surface area contributed by atoms with E-state index in [4.69, 9.17) is 9.15 Å². The van der Waals surface area contributed by atoms with Gasteiger partial charge in [0.1, 0.15) is 22.9 Å². The normalized spacial score (nSPS) is 13.2. The number of rotatable bonds is 5. The van der Waals surface area contributed by atoms with Gasteiger partial charge in [0.25, 0.3) is 11.9 Å². The first-order valence-corrected chi connectivity index (χ1v) is 10.8. The molecule has 0 aliphatic heterocycles. The van der Waals surface area contributed by atoms with E-state index in [9.17, 15) is 4.79 Å². The molecule has 1 N–H and O–H groups in total. The van der Waals surface area contributed by atoms with E-state index >= 15 is 0 Å². The molecule has 1 amide bonds. The number of benzene rings is 1. The highest BCUT2D eigenvalue weighted by molar-refractivity contribution is 5.91. The van der Waals surface area contributed by atoms with E-state index in [-0.39, 0.29) is 12.5 Å². The van der Waals surface area contributed by atoms with Crippen molar-refractivity contribution in [3.8, 4) is 11.7 Å². The van der Waals surface area contributed by atoms with Crippen molar-refractivity contribution in [2.24, 2.45) is 0 Å². The second-order valence-corrected chi connectivity index (χ2v) is 8.24. The Labute approximate surface area is 185 Å². The molecule has 0 fully saturated rings. The minimum Gasteiger partial charge on any atom is -0.484 e. The SMILES string of the molecule is Cc1cc(C)nc(-n2nc(C)cc2NC(=O)COc2ccc3oc4c(c3c2)CCCC4)n1. The molecule has 0 unspecified atom stereocenters. The lowest BCUT2D eigenvalue weighted by Gasteiger charge is -2.10. The second kappa shape index (κ2) is 8.11. The Morgan fingerprint density at radius 2 is 1.84 bits per heavy atom. The third-order valence-electron chi connectivity index (χ3n) is 5.56. The summed E-state index contributed by atoms with van der Waals surface area (Å²) in [5, 5.41) is 8.37. The van der Waals surface area contributed by atoms with E-state index in [1.165, 1.54) is 23.1 Å². The molecule has 0 spiro atoms. The van der Waals surface area contributed by atoms with Gasteiger partial charge in [-0.15, -0.1) is 0 Å². The van der Waals surface area contributed by atoms with Gasteiger partial charge in [0.05, 0.1) is 5.69 Å². The van der Waals surface area contributed by atoms with Crippen molar-refractivity contribution in [3.05, 3.63) is 58.7 Å². The minimum absolute atomic E-state index is 0.122. The van der Waals surface area contributed by atoms with Crippen LogP contribution >= 0.6 is 0 Å². The summed E-state index contributed by atoms with van der Waals surface area (Å²) in [6.07, 6.45) is 4.35. The molecule has 32 heavy (non-hydrogen) atoms. The average molecular weight is 431 g/mol. The van der Waals surface area contributed by atoms with Crippen LogP contribution in [0.4, 0.5) is 5.82 Å². The van der Waals surface area contributed by atoms with E-state index in [1.807, 2.05) is 45.0 Å². The Hall–Kier alpha value is -3.68. The smallest absolute Gasteiger partial charge is 0.263 e. The highest BCUT2D eigenvalue weighted by Gasteiger charge is 2.19. The number of carbonyl (C=O) groups excluding carboxylic acids is 1. The molecule has 5 rings (SSSR count). The van der Waals surface area contributed by atoms with E-state index in [1.54, 1.807) is 6.07 Å². The van der Waals surface area contributed by atoms with Crippen molar-refractivity contribution in [2.75, 3.05) is 11.9 Å². The van der Waals surface area contributed by atoms with Crippen LogP contribution in [0.15, 0.2) is 34.7 Å². The summed E-state index contributed by atoms with van der Waals surface area (Å²) >= 11 is 0. The molecular weight excluding hydrogens is 406 g/mol. The van der Waals surface area contributed by atoms with Crippen molar-refractivity contribution >= 4 is 22.7 Å². The van der Waals surface area contributed by atoms with Crippen molar-refractivity contribution < 1.29 is 13.9 Å². The number of carbonyl (C=O) groups is 1. The molecule has 0 radical (unpaired) electrons. The van der Waals surface area contributed by atoms with Gasteiger partial charge in [0.2, 0.25) is 0 Å². The van der Waals surface area contributed by atoms with Gasteiger partial charge < -0.3 is 14.5 Å². The molecule has 0 atom stereocenters. The summed E-state index contributed by atoms with van der Waals surface area (Å²) in [6, 6.07) is 9.38. The monoisotopic (exact) mass is 431 g/mol. The van der Waals surface area contributed by atoms with Crippen LogP contribution in [0.1, 0.15) is 41.2 Å². The predicted octanol–water partition coefficient (Wildman–Crippen LogP) is 4.23. The first-order valence-electron chi connectivity index (χ1n) is 10.8. The highest BCUT2D eigenvalue weighted by Crippen LogP contribution is 2.34. The maximum atomic E-state index is 12.6. The number of aryl methyl sites for hydroxylation is 5. The van der Waals surface area contributed by atoms with Gasteiger partial charge in [-0.3, -0.25) is 4.79 Å². The lowest BCUT2D eigenvalue weighted by Crippen LogP contribution is -2.22. The Kier molecular flexibility index (Phi) is 5.13. The van der Waals surface area contributed by atoms with Crippen molar-refractivity contribution in [2.45, 2.75) is 46.5 Å². The Morgan fingerprint density at radius 1 is 1.06 bits per heavy atom. The van der Waals surface area contributed by atoms with Gasteiger partial charge in [0.15, 0.2) is 6.61 Å². The number of nitrogens with one attached hydrogen (secondary N) is 1. The first kappa shape index (κ1) is 20.2. The molecule has 8 heteroatoms. The molecule has 1 aromatic carbocycles. The number of hydrogen-bond donors (Lipinski definition) is 1. The van der Waals surface area contributed by atoms with Gasteiger partial charge in [-0.25, -0.2) is 9.97 Å². The van der Waals surface area contributed by atoms with E-state index < -0.39 is 0 Å². The molecule has 0 bridgehead atoms. The summed E-state index contributed by atoms with van der Waals surface area (Å²) in [5.74, 6) is 2.36. The summed E-state index contributed by atoms with van der Waals surface area (Å²) in [6.45, 7) is 5.53. The quantitative estimate of drug-likeness (QED) is 0.508. The number of nitrogens with zero attached hydrogens (tertiary/aromatic N) is 4. The highest BCUT2D eigenvalue weighted by atomic mass is 16.5. The third kappa shape index (κ3) is 3.95. The molecule has 3 heterocycles. The Morgan fingerprint density at radius 3 is 2.66 bits per heavy atom. The maximum Gasteiger partial charge on any atom is 0.263 e. The summed E-state index contributed by atoms with van der Waals surface area (Å²) in [7, 11) is 0. The maximum absolute atomic E-state index is 12.6. The number of anilines is 1. The average Bonchev–Trinajstić information content (AvgIpc) is 3.31. The van der Waals surface area contributed by atoms with Crippen LogP contribution in [0, 0.1) is 20.8 Å². The van der Waals surface area contributed by atoms with Gasteiger partial charge in [-0.1, -0.05) is 0 Å². The molecule has 0 saturated carbocycles. The lowest BCUT2D eigenvalue weighted by atomic mass is 9.96. The fraction of sp³-hybridized carbons (Fsp3) is 0.333. The Balaban J connectivity index is 1.31. The first-order chi connectivity index (χ1) is 15.5. The van der Waals surface area contributed by atoms with Crippen LogP contribution in [0.25, 0.3) is 16.9 Å². The molecule has 4 aromatic rings. The van der Waals surface area contributed by atoms with Crippen LogP contribution in [0.2, 0.25) is 0 Å². The summed E-state index contributed by atoms with van der Waals surface area (Å²) < 4.78 is 13.3. The van der Waals surface area contributed by atoms with Crippen LogP contribution < -0.4 is 10.1 Å². The van der Waals surface area contributed by atoms with Crippen molar-refractivity contribution in [1.29, 1.82) is 0 Å². The van der Waals surface area contributed by atoms with Crippen molar-refractivity contribution in [1.82, 2.24) is 19.7 Å². The van der Waals surface area contributed by atoms with Gasteiger partial charge in [0, 0.05) is 34.8 Å². The molecule has 0 saturated heterocycles. The largest absolute Gasteiger partial charge is 0.484 e. The third-order valence-corrected chi connectivity index (χ3v) is 5.56. The Bertz CT molecular complexity index is 1300. The summed E-state index contributed by atoms with van der Waals surface area (Å²) in [4.78, 5) is 21.5. The molecular formula is C24H25N5O3.